The van der Waals surface area contributed by atoms with Gasteiger partial charge in [-0.25, -0.2) is 0 Å². The number of nitrogens with zero attached hydrogens (tertiary/aromatic N) is 2. The summed E-state index contributed by atoms with van der Waals surface area (Å²) < 4.78 is 4.75. The van der Waals surface area contributed by atoms with E-state index < -0.39 is 0 Å². The van der Waals surface area contributed by atoms with Crippen LogP contribution in [0.5, 0.6) is 0 Å². The van der Waals surface area contributed by atoms with Crippen molar-refractivity contribution in [3.8, 4) is 0 Å². The van der Waals surface area contributed by atoms with Crippen molar-refractivity contribution in [1.82, 2.24) is 10.5 Å². The first-order valence-electron chi connectivity index (χ1n) is 5.06. The average Bonchev–Trinajstić information content (AvgIpc) is 2.85. The second-order valence-corrected chi connectivity index (χ2v) is 4.90. The molecule has 0 spiro atoms. The van der Waals surface area contributed by atoms with Gasteiger partial charge in [-0.15, -0.1) is 0 Å². The topological polar surface area (TPSA) is 50.4 Å². The van der Waals surface area contributed by atoms with Crippen LogP contribution < -0.4 is 5.32 Å². The van der Waals surface area contributed by atoms with Crippen molar-refractivity contribution in [2.24, 2.45) is 4.99 Å². The minimum Gasteiger partial charge on any atom is -0.364 e. The first-order valence-corrected chi connectivity index (χ1v) is 6.05. The molecule has 82 valence electrons. The normalized spacial score (nSPS) is 28.3. The minimum atomic E-state index is 0.202. The summed E-state index contributed by atoms with van der Waals surface area (Å²) in [4.78, 5) is 4.46. The lowest BCUT2D eigenvalue weighted by atomic mass is 10.0. The second-order valence-electron chi connectivity index (χ2n) is 3.94. The third-order valence-electron chi connectivity index (χ3n) is 2.59. The summed E-state index contributed by atoms with van der Waals surface area (Å²) in [5, 5.41) is 8.26. The molecule has 1 saturated heterocycles. The van der Waals surface area contributed by atoms with Crippen molar-refractivity contribution in [1.29, 1.82) is 0 Å². The third kappa shape index (κ3) is 2.53. The molecule has 0 amide bonds. The molecule has 1 unspecified atom stereocenters. The fraction of sp³-hybridized carbons (Fsp3) is 0.600. The third-order valence-corrected chi connectivity index (χ3v) is 3.88. The summed E-state index contributed by atoms with van der Waals surface area (Å²) in [5.41, 5.74) is 1.07. The molecule has 15 heavy (non-hydrogen) atoms. The quantitative estimate of drug-likeness (QED) is 0.855. The highest BCUT2D eigenvalue weighted by atomic mass is 32.2. The van der Waals surface area contributed by atoms with E-state index in [0.29, 0.717) is 6.54 Å². The Bertz CT molecular complexity index is 350. The Kier molecular flexibility index (Phi) is 3.00. The zero-order chi connectivity index (χ0) is 10.7. The molecule has 1 fully saturated rings. The predicted octanol–water partition coefficient (Wildman–Crippen LogP) is 2.04. The molecule has 0 radical (unpaired) electrons. The van der Waals surface area contributed by atoms with E-state index in [-0.39, 0.29) is 5.54 Å². The molecule has 0 bridgehead atoms. The molecule has 0 aliphatic carbocycles. The molecule has 1 atom stereocenters. The van der Waals surface area contributed by atoms with Gasteiger partial charge in [0.25, 0.3) is 0 Å². The maximum atomic E-state index is 4.75. The smallest absolute Gasteiger partial charge is 0.157 e. The number of thioether (sulfide) groups is 1. The van der Waals surface area contributed by atoms with Gasteiger partial charge in [0.2, 0.25) is 0 Å². The van der Waals surface area contributed by atoms with E-state index in [1.165, 1.54) is 0 Å². The predicted molar refractivity (Wildman–Crippen MR) is 61.9 cm³/mol. The van der Waals surface area contributed by atoms with Crippen LogP contribution in [-0.4, -0.2) is 21.6 Å². The van der Waals surface area contributed by atoms with E-state index in [9.17, 15) is 0 Å². The molecule has 5 heteroatoms. The first kappa shape index (κ1) is 10.5. The standard InChI is InChI=1S/C10H15N3OS/c1-3-10(2)7-15-9(12-10)11-6-8-4-5-14-13-8/h4-5H,3,6-7H2,1-2H3,(H,11,12). The monoisotopic (exact) mass is 225 g/mol. The molecule has 1 aromatic rings. The fourth-order valence-corrected chi connectivity index (χ4v) is 2.51. The summed E-state index contributed by atoms with van der Waals surface area (Å²) in [6.45, 7) is 5.00. The molecule has 2 rings (SSSR count). The largest absolute Gasteiger partial charge is 0.364 e. The van der Waals surface area contributed by atoms with Gasteiger partial charge in [-0.1, -0.05) is 23.8 Å². The number of aliphatic imine (C=N–C) groups is 1. The number of hydrogen-bond acceptors (Lipinski definition) is 4. The average molecular weight is 225 g/mol. The van der Waals surface area contributed by atoms with Crippen molar-refractivity contribution in [2.45, 2.75) is 32.4 Å². The molecular formula is C10H15N3OS. The minimum absolute atomic E-state index is 0.202. The zero-order valence-corrected chi connectivity index (χ0v) is 9.80. The molecular weight excluding hydrogens is 210 g/mol. The van der Waals surface area contributed by atoms with Gasteiger partial charge in [0, 0.05) is 17.4 Å². The number of nitrogens with one attached hydrogen (secondary N) is 1. The van der Waals surface area contributed by atoms with Crippen LogP contribution in [0.25, 0.3) is 0 Å². The Morgan fingerprint density at radius 1 is 1.73 bits per heavy atom. The second kappa shape index (κ2) is 4.26. The van der Waals surface area contributed by atoms with E-state index >= 15 is 0 Å². The van der Waals surface area contributed by atoms with E-state index in [2.05, 4.69) is 29.3 Å². The van der Waals surface area contributed by atoms with E-state index in [0.717, 1.165) is 23.0 Å². The number of aromatic nitrogens is 1. The summed E-state index contributed by atoms with van der Waals surface area (Å²) in [6.07, 6.45) is 2.68. The van der Waals surface area contributed by atoms with E-state index in [4.69, 9.17) is 4.52 Å². The van der Waals surface area contributed by atoms with Gasteiger partial charge in [-0.2, -0.15) is 0 Å². The van der Waals surface area contributed by atoms with Gasteiger partial charge in [0.05, 0.1) is 6.54 Å². The maximum absolute atomic E-state index is 4.75. The van der Waals surface area contributed by atoms with Crippen LogP contribution in [0.2, 0.25) is 0 Å². The summed E-state index contributed by atoms with van der Waals surface area (Å²) >= 11 is 1.78. The number of hydrogen-bond donors (Lipinski definition) is 1. The van der Waals surface area contributed by atoms with Crippen LogP contribution in [0, 0.1) is 0 Å². The highest BCUT2D eigenvalue weighted by molar-refractivity contribution is 8.14. The van der Waals surface area contributed by atoms with Crippen molar-refractivity contribution in [2.75, 3.05) is 5.75 Å². The van der Waals surface area contributed by atoms with Gasteiger partial charge in [0.15, 0.2) is 5.17 Å². The van der Waals surface area contributed by atoms with Crippen LogP contribution in [0.3, 0.4) is 0 Å². The lowest BCUT2D eigenvalue weighted by molar-refractivity contribution is 0.412. The molecule has 1 aliphatic rings. The Morgan fingerprint density at radius 2 is 2.60 bits per heavy atom. The van der Waals surface area contributed by atoms with Crippen LogP contribution in [0.15, 0.2) is 21.8 Å². The molecule has 2 heterocycles. The summed E-state index contributed by atoms with van der Waals surface area (Å²) in [6, 6.07) is 1.84. The van der Waals surface area contributed by atoms with Gasteiger partial charge in [0.1, 0.15) is 12.0 Å². The van der Waals surface area contributed by atoms with Crippen LogP contribution in [0.4, 0.5) is 0 Å². The Morgan fingerprint density at radius 3 is 3.20 bits per heavy atom. The van der Waals surface area contributed by atoms with Crippen molar-refractivity contribution in [3.63, 3.8) is 0 Å². The number of amidine groups is 1. The molecule has 1 N–H and O–H groups in total. The van der Waals surface area contributed by atoms with E-state index in [1.54, 1.807) is 18.0 Å². The van der Waals surface area contributed by atoms with Crippen molar-refractivity contribution in [3.05, 3.63) is 18.0 Å². The summed E-state index contributed by atoms with van der Waals surface area (Å²) in [5.74, 6) is 1.08. The van der Waals surface area contributed by atoms with Gasteiger partial charge < -0.3 is 9.84 Å². The first-order chi connectivity index (χ1) is 7.22. The molecule has 1 aromatic heterocycles. The van der Waals surface area contributed by atoms with Crippen LogP contribution in [0.1, 0.15) is 26.0 Å². The highest BCUT2D eigenvalue weighted by Crippen LogP contribution is 2.25. The fourth-order valence-electron chi connectivity index (χ4n) is 1.31. The Balaban J connectivity index is 1.93. The van der Waals surface area contributed by atoms with Crippen molar-refractivity contribution >= 4 is 16.9 Å². The van der Waals surface area contributed by atoms with Gasteiger partial charge in [-0.3, -0.25) is 4.99 Å². The Hall–Kier alpha value is -0.970. The van der Waals surface area contributed by atoms with Crippen LogP contribution >= 0.6 is 11.8 Å². The molecule has 0 aromatic carbocycles. The lowest BCUT2D eigenvalue weighted by Crippen LogP contribution is -2.39. The maximum Gasteiger partial charge on any atom is 0.157 e. The number of rotatable bonds is 3. The molecule has 0 saturated carbocycles. The molecule has 1 aliphatic heterocycles. The van der Waals surface area contributed by atoms with E-state index in [1.807, 2.05) is 6.07 Å². The summed E-state index contributed by atoms with van der Waals surface area (Å²) in [7, 11) is 0. The Labute approximate surface area is 93.5 Å². The van der Waals surface area contributed by atoms with Gasteiger partial charge >= 0.3 is 0 Å². The highest BCUT2D eigenvalue weighted by Gasteiger charge is 2.30. The van der Waals surface area contributed by atoms with Crippen molar-refractivity contribution < 1.29 is 4.52 Å². The van der Waals surface area contributed by atoms with Gasteiger partial charge in [-0.05, 0) is 13.3 Å². The van der Waals surface area contributed by atoms with Crippen LogP contribution in [-0.2, 0) is 6.54 Å². The zero-order valence-electron chi connectivity index (χ0n) is 8.99. The SMILES string of the molecule is CCC1(C)CSC(=NCc2ccon2)N1. The lowest BCUT2D eigenvalue weighted by Gasteiger charge is -2.20. The molecule has 4 nitrogen and oxygen atoms in total.